The number of hydrogen-bond acceptors (Lipinski definition) is 4. The molecule has 0 radical (unpaired) electrons. The number of sulfonamides is 1. The molecule has 0 unspecified atom stereocenters. The average molecular weight is 438 g/mol. The molecule has 0 aliphatic carbocycles. The number of benzene rings is 2. The average Bonchev–Trinajstić information content (AvgIpc) is 3.03. The van der Waals surface area contributed by atoms with Crippen LogP contribution in [0.5, 0.6) is 0 Å². The van der Waals surface area contributed by atoms with Crippen LogP contribution in [0.15, 0.2) is 70.6 Å². The summed E-state index contributed by atoms with van der Waals surface area (Å²) in [5.41, 5.74) is 2.35. The summed E-state index contributed by atoms with van der Waals surface area (Å²) in [5.74, 6) is 0.344. The van der Waals surface area contributed by atoms with Gasteiger partial charge in [-0.3, -0.25) is 4.79 Å². The Kier molecular flexibility index (Phi) is 5.96. The molecule has 1 N–H and O–H groups in total. The van der Waals surface area contributed by atoms with E-state index in [1.807, 2.05) is 67.3 Å². The standard InChI is InChI=1S/C24H27N3O3S/c1-17(19-9-5-3-6-10-19)24(28)25-21-13-15-27(16-14-21)23-18(2)22(31(29,30)26-23)20-11-7-4-8-12-20/h3-12,17,21H,13-16H2,1-2H3,(H,25,28)/t17-/m1/s1. The second-order valence-corrected chi connectivity index (χ2v) is 9.65. The van der Waals surface area contributed by atoms with Gasteiger partial charge in [-0.05, 0) is 37.8 Å². The van der Waals surface area contributed by atoms with E-state index in [4.69, 9.17) is 0 Å². The quantitative estimate of drug-likeness (QED) is 0.794. The molecule has 1 fully saturated rings. The number of amidine groups is 1. The van der Waals surface area contributed by atoms with Crippen LogP contribution in [-0.4, -0.2) is 44.2 Å². The fourth-order valence-corrected chi connectivity index (χ4v) is 5.71. The molecule has 0 saturated carbocycles. The first kappa shape index (κ1) is 21.3. The zero-order valence-corrected chi connectivity index (χ0v) is 18.6. The second-order valence-electron chi connectivity index (χ2n) is 8.11. The Balaban J connectivity index is 1.41. The maximum atomic E-state index is 12.7. The highest BCUT2D eigenvalue weighted by atomic mass is 32.2. The summed E-state index contributed by atoms with van der Waals surface area (Å²) in [6.45, 7) is 5.04. The molecule has 2 aromatic rings. The van der Waals surface area contributed by atoms with Crippen molar-refractivity contribution in [2.45, 2.75) is 38.6 Å². The van der Waals surface area contributed by atoms with Crippen molar-refractivity contribution >= 4 is 26.7 Å². The molecule has 31 heavy (non-hydrogen) atoms. The van der Waals surface area contributed by atoms with Crippen molar-refractivity contribution in [1.82, 2.24) is 10.2 Å². The Morgan fingerprint density at radius 2 is 1.61 bits per heavy atom. The van der Waals surface area contributed by atoms with Gasteiger partial charge in [-0.25, -0.2) is 0 Å². The van der Waals surface area contributed by atoms with Gasteiger partial charge in [0.15, 0.2) is 0 Å². The Morgan fingerprint density at radius 3 is 2.23 bits per heavy atom. The minimum atomic E-state index is -3.71. The van der Waals surface area contributed by atoms with Crippen LogP contribution in [0.2, 0.25) is 0 Å². The molecule has 0 bridgehead atoms. The molecule has 0 aromatic heterocycles. The van der Waals surface area contributed by atoms with Gasteiger partial charge in [-0.2, -0.15) is 8.42 Å². The predicted molar refractivity (Wildman–Crippen MR) is 123 cm³/mol. The van der Waals surface area contributed by atoms with Gasteiger partial charge in [0.25, 0.3) is 10.0 Å². The molecule has 162 valence electrons. The summed E-state index contributed by atoms with van der Waals surface area (Å²) in [4.78, 5) is 15.0. The molecule has 1 saturated heterocycles. The first-order valence-electron chi connectivity index (χ1n) is 10.6. The van der Waals surface area contributed by atoms with E-state index in [9.17, 15) is 13.2 Å². The van der Waals surface area contributed by atoms with Gasteiger partial charge >= 0.3 is 0 Å². The first-order chi connectivity index (χ1) is 14.9. The number of amides is 1. The van der Waals surface area contributed by atoms with E-state index in [-0.39, 0.29) is 22.8 Å². The molecule has 1 atom stereocenters. The van der Waals surface area contributed by atoms with Gasteiger partial charge in [0, 0.05) is 24.7 Å². The zero-order chi connectivity index (χ0) is 22.0. The largest absolute Gasteiger partial charge is 0.356 e. The second kappa shape index (κ2) is 8.67. The lowest BCUT2D eigenvalue weighted by molar-refractivity contribution is -0.123. The lowest BCUT2D eigenvalue weighted by Gasteiger charge is -2.34. The SMILES string of the molecule is CC1=C(c2ccccc2)S(=O)(=O)N=C1N1CCC(NC(=O)[C@H](C)c2ccccc2)CC1. The molecular formula is C24H27N3O3S. The highest BCUT2D eigenvalue weighted by Crippen LogP contribution is 2.34. The van der Waals surface area contributed by atoms with Gasteiger partial charge in [0.1, 0.15) is 10.7 Å². The molecule has 6 nitrogen and oxygen atoms in total. The third-order valence-corrected chi connectivity index (χ3v) is 7.48. The van der Waals surface area contributed by atoms with Crippen molar-refractivity contribution in [3.05, 3.63) is 77.4 Å². The van der Waals surface area contributed by atoms with E-state index < -0.39 is 10.0 Å². The fraction of sp³-hybridized carbons (Fsp3) is 0.333. The van der Waals surface area contributed by atoms with Gasteiger partial charge in [-0.15, -0.1) is 4.40 Å². The Morgan fingerprint density at radius 1 is 1.03 bits per heavy atom. The number of hydrogen-bond donors (Lipinski definition) is 1. The Bertz CT molecular complexity index is 1120. The van der Waals surface area contributed by atoms with Crippen LogP contribution < -0.4 is 5.32 Å². The summed E-state index contributed by atoms with van der Waals surface area (Å²) < 4.78 is 29.5. The van der Waals surface area contributed by atoms with E-state index in [2.05, 4.69) is 9.71 Å². The Labute approximate surface area is 183 Å². The fourth-order valence-electron chi connectivity index (χ4n) is 4.23. The highest BCUT2D eigenvalue weighted by Gasteiger charge is 2.35. The Hall–Kier alpha value is -2.93. The summed E-state index contributed by atoms with van der Waals surface area (Å²) in [7, 11) is -3.71. The third-order valence-electron chi connectivity index (χ3n) is 6.01. The number of nitrogens with one attached hydrogen (secondary N) is 1. The summed E-state index contributed by atoms with van der Waals surface area (Å²) in [5, 5.41) is 3.15. The number of nitrogens with zero attached hydrogens (tertiary/aromatic N) is 2. The lowest BCUT2D eigenvalue weighted by atomic mass is 9.98. The maximum Gasteiger partial charge on any atom is 0.285 e. The van der Waals surface area contributed by atoms with Gasteiger partial charge in [0.05, 0.1) is 5.92 Å². The highest BCUT2D eigenvalue weighted by molar-refractivity contribution is 8.00. The number of rotatable bonds is 4. The number of carbonyl (C=O) groups is 1. The van der Waals surface area contributed by atoms with E-state index >= 15 is 0 Å². The smallest absolute Gasteiger partial charge is 0.285 e. The minimum absolute atomic E-state index is 0.0212. The molecule has 4 rings (SSSR count). The van der Waals surface area contributed by atoms with Gasteiger partial charge < -0.3 is 10.2 Å². The van der Waals surface area contributed by atoms with Crippen LogP contribution in [0, 0.1) is 0 Å². The van der Waals surface area contributed by atoms with Crippen molar-refractivity contribution in [1.29, 1.82) is 0 Å². The van der Waals surface area contributed by atoms with Crippen LogP contribution in [-0.2, 0) is 14.8 Å². The van der Waals surface area contributed by atoms with Crippen molar-refractivity contribution in [2.24, 2.45) is 4.40 Å². The summed E-state index contributed by atoms with van der Waals surface area (Å²) in [6, 6.07) is 18.9. The van der Waals surface area contributed by atoms with E-state index in [0.717, 1.165) is 18.4 Å². The molecular weight excluding hydrogens is 410 g/mol. The molecule has 2 aliphatic heterocycles. The normalized spacial score (nSPS) is 19.8. The molecule has 2 aliphatic rings. The molecule has 2 aromatic carbocycles. The van der Waals surface area contributed by atoms with E-state index in [0.29, 0.717) is 30.1 Å². The molecule has 1 amide bonds. The molecule has 7 heteroatoms. The number of piperidine rings is 1. The van der Waals surface area contributed by atoms with Crippen LogP contribution in [0.4, 0.5) is 0 Å². The monoisotopic (exact) mass is 437 g/mol. The summed E-state index contributed by atoms with van der Waals surface area (Å²) >= 11 is 0. The predicted octanol–water partition coefficient (Wildman–Crippen LogP) is 3.54. The van der Waals surface area contributed by atoms with Crippen molar-refractivity contribution in [2.75, 3.05) is 13.1 Å². The maximum absolute atomic E-state index is 12.7. The number of carbonyl (C=O) groups excluding carboxylic acids is 1. The van der Waals surface area contributed by atoms with Crippen molar-refractivity contribution in [3.63, 3.8) is 0 Å². The lowest BCUT2D eigenvalue weighted by Crippen LogP contribution is -2.47. The van der Waals surface area contributed by atoms with Crippen LogP contribution >= 0.6 is 0 Å². The van der Waals surface area contributed by atoms with Crippen LogP contribution in [0.25, 0.3) is 4.91 Å². The van der Waals surface area contributed by atoms with Crippen LogP contribution in [0.1, 0.15) is 43.7 Å². The topological polar surface area (TPSA) is 78.8 Å². The molecule has 0 spiro atoms. The van der Waals surface area contributed by atoms with Crippen molar-refractivity contribution in [3.8, 4) is 0 Å². The molecule has 2 heterocycles. The summed E-state index contributed by atoms with van der Waals surface area (Å²) in [6.07, 6.45) is 1.50. The van der Waals surface area contributed by atoms with Crippen LogP contribution in [0.3, 0.4) is 0 Å². The van der Waals surface area contributed by atoms with Gasteiger partial charge in [-0.1, -0.05) is 60.7 Å². The number of likely N-dealkylation sites (tertiary alicyclic amines) is 1. The van der Waals surface area contributed by atoms with E-state index in [1.165, 1.54) is 0 Å². The van der Waals surface area contributed by atoms with E-state index in [1.54, 1.807) is 12.1 Å². The third kappa shape index (κ3) is 4.42. The van der Waals surface area contributed by atoms with Gasteiger partial charge in [0.2, 0.25) is 5.91 Å². The minimum Gasteiger partial charge on any atom is -0.356 e. The first-order valence-corrected chi connectivity index (χ1v) is 12.0. The van der Waals surface area contributed by atoms with Crippen molar-refractivity contribution < 1.29 is 13.2 Å². The zero-order valence-electron chi connectivity index (χ0n) is 17.8.